The first kappa shape index (κ1) is 15.0. The highest BCUT2D eigenvalue weighted by Gasteiger charge is 2.63. The van der Waals surface area contributed by atoms with Gasteiger partial charge in [-0.3, -0.25) is 14.3 Å². The van der Waals surface area contributed by atoms with Crippen molar-refractivity contribution < 1.29 is 34.0 Å². The van der Waals surface area contributed by atoms with Gasteiger partial charge in [-0.15, -0.1) is 0 Å². The van der Waals surface area contributed by atoms with Gasteiger partial charge in [0.15, 0.2) is 11.6 Å². The maximum absolute atomic E-state index is 12.4. The smallest absolute Gasteiger partial charge is 0.245 e. The van der Waals surface area contributed by atoms with Crippen molar-refractivity contribution in [1.29, 1.82) is 0 Å². The van der Waals surface area contributed by atoms with Crippen LogP contribution >= 0.6 is 0 Å². The molecule has 2 aromatic rings. The number of ether oxygens (including phenoxy) is 3. The molecule has 2 aliphatic heterocycles. The number of rotatable bonds is 0. The molecule has 2 heterocycles. The van der Waals surface area contributed by atoms with Crippen molar-refractivity contribution in [3.63, 3.8) is 0 Å². The Balaban J connectivity index is 1.70. The minimum atomic E-state index is -1.28. The van der Waals surface area contributed by atoms with Gasteiger partial charge < -0.3 is 19.7 Å². The van der Waals surface area contributed by atoms with Crippen molar-refractivity contribution in [2.45, 2.75) is 37.3 Å². The largest absolute Gasteiger partial charge is 0.507 e. The molecular formula is C20H14O7. The lowest BCUT2D eigenvalue weighted by atomic mass is 9.78. The van der Waals surface area contributed by atoms with E-state index >= 15 is 0 Å². The summed E-state index contributed by atoms with van der Waals surface area (Å²) in [6, 6.07) is 6.00. The summed E-state index contributed by atoms with van der Waals surface area (Å²) in [5.74, 6) is -2.46. The SMILES string of the molecule is O=C1CC[C@]23Oc4ccc(O)c5c4[C@](CCC5=O)(Oc4ccc(O)c1c42)O3. The molecule has 2 aromatic carbocycles. The number of Topliss-reactive ketones (excluding diaryl/α,β-unsaturated/α-hetero) is 2. The lowest BCUT2D eigenvalue weighted by Crippen LogP contribution is -2.58. The third-order valence-corrected chi connectivity index (χ3v) is 5.85. The zero-order valence-corrected chi connectivity index (χ0v) is 14.1. The van der Waals surface area contributed by atoms with Crippen LogP contribution in [0.4, 0.5) is 0 Å². The Morgan fingerprint density at radius 2 is 1.19 bits per heavy atom. The van der Waals surface area contributed by atoms with Crippen molar-refractivity contribution in [3.8, 4) is 23.0 Å². The molecule has 7 heteroatoms. The normalized spacial score (nSPS) is 29.3. The molecule has 27 heavy (non-hydrogen) atoms. The molecular weight excluding hydrogens is 352 g/mol. The molecule has 0 saturated heterocycles. The highest BCUT2D eigenvalue weighted by Crippen LogP contribution is 2.62. The van der Waals surface area contributed by atoms with Gasteiger partial charge in [0.25, 0.3) is 0 Å². The lowest BCUT2D eigenvalue weighted by Gasteiger charge is -2.55. The molecule has 136 valence electrons. The highest BCUT2D eigenvalue weighted by atomic mass is 16.8. The minimum absolute atomic E-state index is 0.138. The number of phenols is 2. The molecule has 6 rings (SSSR count). The number of ketones is 2. The van der Waals surface area contributed by atoms with E-state index in [1.807, 2.05) is 0 Å². The first-order valence-electron chi connectivity index (χ1n) is 8.82. The fourth-order valence-corrected chi connectivity index (χ4v) is 4.76. The quantitative estimate of drug-likeness (QED) is 0.739. The zero-order chi connectivity index (χ0) is 18.6. The predicted octanol–water partition coefficient (Wildman–Crippen LogP) is 2.86. The molecule has 0 unspecified atom stereocenters. The Hall–Kier alpha value is -3.06. The summed E-state index contributed by atoms with van der Waals surface area (Å²) in [5.41, 5.74) is 1.09. The van der Waals surface area contributed by atoms with Crippen LogP contribution in [0.3, 0.4) is 0 Å². The van der Waals surface area contributed by atoms with Crippen LogP contribution in [0.25, 0.3) is 0 Å². The highest BCUT2D eigenvalue weighted by molar-refractivity contribution is 6.03. The van der Waals surface area contributed by atoms with Crippen LogP contribution in [0.2, 0.25) is 0 Å². The Bertz CT molecular complexity index is 1000. The molecule has 2 bridgehead atoms. The Morgan fingerprint density at radius 1 is 0.741 bits per heavy atom. The molecule has 2 N–H and O–H groups in total. The summed E-state index contributed by atoms with van der Waals surface area (Å²) in [5, 5.41) is 20.5. The average molecular weight is 366 g/mol. The number of hydrogen-bond donors (Lipinski definition) is 2. The number of benzene rings is 2. The molecule has 0 aromatic heterocycles. The maximum Gasteiger partial charge on any atom is 0.245 e. The van der Waals surface area contributed by atoms with E-state index in [1.54, 1.807) is 12.1 Å². The second-order valence-corrected chi connectivity index (χ2v) is 7.32. The molecule has 2 aliphatic carbocycles. The summed E-state index contributed by atoms with van der Waals surface area (Å²) < 4.78 is 18.8. The van der Waals surface area contributed by atoms with Crippen molar-refractivity contribution >= 4 is 11.6 Å². The topological polar surface area (TPSA) is 102 Å². The fraction of sp³-hybridized carbons (Fsp3) is 0.300. The van der Waals surface area contributed by atoms with Crippen LogP contribution < -0.4 is 9.47 Å². The van der Waals surface area contributed by atoms with Gasteiger partial charge in [-0.05, 0) is 24.3 Å². The lowest BCUT2D eigenvalue weighted by molar-refractivity contribution is -0.363. The standard InChI is InChI=1S/C20H14O7/c21-9-1-3-13-17-15(9)11(23)5-7-19(17)26-14-4-2-10(22)16-12(24)6-8-20(25-13,27-19)18(14)16/h1-4,21-22H,5-8H2/t19-,20-/m1/s1. The Labute approximate surface area is 153 Å². The first-order chi connectivity index (χ1) is 12.9. The summed E-state index contributed by atoms with van der Waals surface area (Å²) in [7, 11) is 0. The third kappa shape index (κ3) is 1.61. The molecule has 0 fully saturated rings. The van der Waals surface area contributed by atoms with E-state index in [9.17, 15) is 19.8 Å². The Morgan fingerprint density at radius 3 is 1.63 bits per heavy atom. The van der Waals surface area contributed by atoms with Crippen LogP contribution in [-0.2, 0) is 16.3 Å². The molecule has 2 atom stereocenters. The summed E-state index contributed by atoms with van der Waals surface area (Å²) in [4.78, 5) is 24.9. The third-order valence-electron chi connectivity index (χ3n) is 5.85. The molecule has 0 amide bonds. The number of hydrogen-bond acceptors (Lipinski definition) is 7. The minimum Gasteiger partial charge on any atom is -0.507 e. The van der Waals surface area contributed by atoms with Gasteiger partial charge in [-0.25, -0.2) is 0 Å². The summed E-state index contributed by atoms with van der Waals surface area (Å²) in [6.07, 6.45) is 0.840. The Kier molecular flexibility index (Phi) is 2.47. The number of phenolic OH excluding ortho intramolecular Hbond substituents is 2. The van der Waals surface area contributed by atoms with Crippen LogP contribution in [0, 0.1) is 0 Å². The molecule has 7 nitrogen and oxygen atoms in total. The van der Waals surface area contributed by atoms with E-state index in [0.29, 0.717) is 22.6 Å². The van der Waals surface area contributed by atoms with Crippen molar-refractivity contribution in [3.05, 3.63) is 46.5 Å². The summed E-state index contributed by atoms with van der Waals surface area (Å²) >= 11 is 0. The van der Waals surface area contributed by atoms with Gasteiger partial charge >= 0.3 is 0 Å². The number of carbonyl (C=O) groups excluding carboxylic acids is 2. The summed E-state index contributed by atoms with van der Waals surface area (Å²) in [6.45, 7) is 0. The molecule has 2 spiro atoms. The second kappa shape index (κ2) is 4.43. The van der Waals surface area contributed by atoms with Crippen LogP contribution in [0.5, 0.6) is 23.0 Å². The van der Waals surface area contributed by atoms with Crippen LogP contribution in [-0.4, -0.2) is 21.8 Å². The van der Waals surface area contributed by atoms with E-state index in [0.717, 1.165) is 0 Å². The molecule has 4 aliphatic rings. The maximum atomic E-state index is 12.4. The number of carbonyl (C=O) groups is 2. The van der Waals surface area contributed by atoms with Gasteiger partial charge in [0.05, 0.1) is 22.3 Å². The van der Waals surface area contributed by atoms with E-state index in [-0.39, 0.29) is 59.9 Å². The predicted molar refractivity (Wildman–Crippen MR) is 89.0 cm³/mol. The van der Waals surface area contributed by atoms with E-state index < -0.39 is 11.6 Å². The van der Waals surface area contributed by atoms with Gasteiger partial charge in [0, 0.05) is 25.7 Å². The van der Waals surface area contributed by atoms with Gasteiger partial charge in [-0.2, -0.15) is 0 Å². The van der Waals surface area contributed by atoms with Gasteiger partial charge in [0.2, 0.25) is 11.6 Å². The monoisotopic (exact) mass is 366 g/mol. The van der Waals surface area contributed by atoms with Crippen molar-refractivity contribution in [1.82, 2.24) is 0 Å². The fourth-order valence-electron chi connectivity index (χ4n) is 4.76. The van der Waals surface area contributed by atoms with Crippen LogP contribution in [0.1, 0.15) is 57.5 Å². The van der Waals surface area contributed by atoms with Gasteiger partial charge in [0.1, 0.15) is 23.0 Å². The van der Waals surface area contributed by atoms with E-state index in [4.69, 9.17) is 14.2 Å². The average Bonchev–Trinajstić information content (AvgIpc) is 2.64. The first-order valence-corrected chi connectivity index (χ1v) is 8.82. The van der Waals surface area contributed by atoms with E-state index in [1.165, 1.54) is 12.1 Å². The molecule has 0 saturated carbocycles. The molecule has 0 radical (unpaired) electrons. The van der Waals surface area contributed by atoms with Gasteiger partial charge in [-0.1, -0.05) is 0 Å². The second-order valence-electron chi connectivity index (χ2n) is 7.32. The van der Waals surface area contributed by atoms with Crippen molar-refractivity contribution in [2.24, 2.45) is 0 Å². The van der Waals surface area contributed by atoms with Crippen LogP contribution in [0.15, 0.2) is 24.3 Å². The number of aromatic hydroxyl groups is 2. The zero-order valence-electron chi connectivity index (χ0n) is 14.1. The van der Waals surface area contributed by atoms with Crippen molar-refractivity contribution in [2.75, 3.05) is 0 Å². The van der Waals surface area contributed by atoms with E-state index in [2.05, 4.69) is 0 Å².